The lowest BCUT2D eigenvalue weighted by molar-refractivity contribution is 0.0529. The highest BCUT2D eigenvalue weighted by Gasteiger charge is 2.03. The Morgan fingerprint density at radius 2 is 0.821 bits per heavy atom. The molecule has 0 aromatic rings. The molecule has 0 amide bonds. The molecule has 0 unspecified atom stereocenters. The van der Waals surface area contributed by atoms with E-state index in [0.717, 1.165) is 31.6 Å². The Labute approximate surface area is 245 Å². The normalized spacial score (nSPS) is 11.6. The monoisotopic (exact) mass is 551 g/mol. The van der Waals surface area contributed by atoms with Crippen LogP contribution < -0.4 is 0 Å². The molecule has 0 atom stereocenters. The molecule has 0 saturated heterocycles. The molecule has 0 aromatic heterocycles. The highest BCUT2D eigenvalue weighted by atomic mass is 16.7. The lowest BCUT2D eigenvalue weighted by Gasteiger charge is -2.07. The standard InChI is InChI=1S/C36H70O3/c1-4-5-6-7-8-9-10-11-12-13-14-15-16-17-18-19-21-24-27-30-33-38-36(37)39-34-31-28-25-22-20-23-26-29-32-35(2)3/h11-12,35H,4-10,13-34H2,1-3H3/b12-11-. The van der Waals surface area contributed by atoms with Crippen molar-refractivity contribution in [2.75, 3.05) is 13.2 Å². The van der Waals surface area contributed by atoms with Crippen molar-refractivity contribution in [2.24, 2.45) is 5.92 Å². The van der Waals surface area contributed by atoms with Crippen LogP contribution in [0, 0.1) is 5.92 Å². The van der Waals surface area contributed by atoms with Crippen LogP contribution in [0.2, 0.25) is 0 Å². The van der Waals surface area contributed by atoms with Gasteiger partial charge in [0.05, 0.1) is 13.2 Å². The molecule has 0 saturated carbocycles. The third-order valence-corrected chi connectivity index (χ3v) is 7.77. The van der Waals surface area contributed by atoms with E-state index in [0.29, 0.717) is 13.2 Å². The summed E-state index contributed by atoms with van der Waals surface area (Å²) in [6, 6.07) is 0. The van der Waals surface area contributed by atoms with E-state index in [1.807, 2.05) is 0 Å². The van der Waals surface area contributed by atoms with E-state index < -0.39 is 6.16 Å². The van der Waals surface area contributed by atoms with Crippen LogP contribution in [0.3, 0.4) is 0 Å². The van der Waals surface area contributed by atoms with Gasteiger partial charge in [-0.2, -0.15) is 0 Å². The second-order valence-corrected chi connectivity index (χ2v) is 12.3. The summed E-state index contributed by atoms with van der Waals surface area (Å²) in [5.41, 5.74) is 0. The molecule has 232 valence electrons. The number of carbonyl (C=O) groups is 1. The van der Waals surface area contributed by atoms with Gasteiger partial charge in [-0.15, -0.1) is 0 Å². The molecule has 0 spiro atoms. The molecule has 3 nitrogen and oxygen atoms in total. The molecule has 0 bridgehead atoms. The molecule has 0 aliphatic heterocycles. The zero-order valence-corrected chi connectivity index (χ0v) is 27.0. The Hall–Kier alpha value is -0.990. The molecule has 0 aromatic carbocycles. The Bertz CT molecular complexity index is 500. The van der Waals surface area contributed by atoms with E-state index in [9.17, 15) is 4.79 Å². The maximum absolute atomic E-state index is 11.7. The molecule has 39 heavy (non-hydrogen) atoms. The third-order valence-electron chi connectivity index (χ3n) is 7.77. The van der Waals surface area contributed by atoms with E-state index in [-0.39, 0.29) is 0 Å². The summed E-state index contributed by atoms with van der Waals surface area (Å²) in [5.74, 6) is 0.841. The van der Waals surface area contributed by atoms with Gasteiger partial charge in [0, 0.05) is 0 Å². The van der Waals surface area contributed by atoms with Crippen molar-refractivity contribution in [3.63, 3.8) is 0 Å². The SMILES string of the molecule is CCCCCCCC/C=C\CCCCCCCCCCCCOC(=O)OCCCCCCCCCCC(C)C. The van der Waals surface area contributed by atoms with Crippen LogP contribution in [-0.2, 0) is 9.47 Å². The summed E-state index contributed by atoms with van der Waals surface area (Å²) >= 11 is 0. The molecule has 3 heteroatoms. The first-order valence-electron chi connectivity index (χ1n) is 17.6. The summed E-state index contributed by atoms with van der Waals surface area (Å²) in [7, 11) is 0. The van der Waals surface area contributed by atoms with Crippen LogP contribution >= 0.6 is 0 Å². The Morgan fingerprint density at radius 3 is 1.21 bits per heavy atom. The predicted octanol–water partition coefficient (Wildman–Crippen LogP) is 12.9. The number of rotatable bonds is 31. The fraction of sp³-hybridized carbons (Fsp3) is 0.917. The van der Waals surface area contributed by atoms with E-state index in [4.69, 9.17) is 9.47 Å². The van der Waals surface area contributed by atoms with Crippen molar-refractivity contribution in [3.8, 4) is 0 Å². The average Bonchev–Trinajstić information content (AvgIpc) is 2.92. The Balaban J connectivity index is 3.18. The van der Waals surface area contributed by atoms with Gasteiger partial charge in [0.1, 0.15) is 0 Å². The number of hydrogen-bond donors (Lipinski definition) is 0. The minimum atomic E-state index is -0.478. The largest absolute Gasteiger partial charge is 0.508 e. The number of carbonyl (C=O) groups excluding carboxylic acids is 1. The summed E-state index contributed by atoms with van der Waals surface area (Å²) in [4.78, 5) is 11.7. The molecule has 0 aliphatic rings. The molecule has 0 radical (unpaired) electrons. The first kappa shape index (κ1) is 38.0. The first-order valence-corrected chi connectivity index (χ1v) is 17.6. The third kappa shape index (κ3) is 35.0. The van der Waals surface area contributed by atoms with Crippen molar-refractivity contribution < 1.29 is 14.3 Å². The topological polar surface area (TPSA) is 35.5 Å². The second-order valence-electron chi connectivity index (χ2n) is 12.3. The lowest BCUT2D eigenvalue weighted by atomic mass is 10.0. The van der Waals surface area contributed by atoms with Crippen molar-refractivity contribution in [3.05, 3.63) is 12.2 Å². The Kier molecular flexibility index (Phi) is 32.4. The van der Waals surface area contributed by atoms with Gasteiger partial charge < -0.3 is 9.47 Å². The number of unbranched alkanes of at least 4 members (excludes halogenated alkanes) is 23. The summed E-state index contributed by atoms with van der Waals surface area (Å²) in [6.45, 7) is 7.90. The maximum Gasteiger partial charge on any atom is 0.508 e. The highest BCUT2D eigenvalue weighted by Crippen LogP contribution is 2.14. The molecule has 0 aliphatic carbocycles. The molecular formula is C36H70O3. The van der Waals surface area contributed by atoms with Gasteiger partial charge in [-0.05, 0) is 44.4 Å². The molecular weight excluding hydrogens is 480 g/mol. The highest BCUT2D eigenvalue weighted by molar-refractivity contribution is 5.59. The van der Waals surface area contributed by atoms with Gasteiger partial charge in [-0.3, -0.25) is 0 Å². The van der Waals surface area contributed by atoms with E-state index in [2.05, 4.69) is 32.9 Å². The van der Waals surface area contributed by atoms with E-state index in [1.54, 1.807) is 0 Å². The van der Waals surface area contributed by atoms with Crippen molar-refractivity contribution >= 4 is 6.16 Å². The Morgan fingerprint density at radius 1 is 0.487 bits per heavy atom. The smallest absolute Gasteiger partial charge is 0.434 e. The minimum absolute atomic E-state index is 0.478. The van der Waals surface area contributed by atoms with Crippen molar-refractivity contribution in [1.82, 2.24) is 0 Å². The maximum atomic E-state index is 11.7. The number of allylic oxidation sites excluding steroid dienone is 2. The van der Waals surface area contributed by atoms with E-state index in [1.165, 1.54) is 148 Å². The van der Waals surface area contributed by atoms with Crippen LogP contribution in [0.4, 0.5) is 4.79 Å². The zero-order valence-electron chi connectivity index (χ0n) is 27.0. The fourth-order valence-corrected chi connectivity index (χ4v) is 5.12. The van der Waals surface area contributed by atoms with Crippen molar-refractivity contribution in [2.45, 2.75) is 194 Å². The van der Waals surface area contributed by atoms with Crippen LogP contribution in [0.15, 0.2) is 12.2 Å². The minimum Gasteiger partial charge on any atom is -0.434 e. The van der Waals surface area contributed by atoms with Gasteiger partial charge in [-0.25, -0.2) is 4.79 Å². The fourth-order valence-electron chi connectivity index (χ4n) is 5.12. The number of hydrogen-bond acceptors (Lipinski definition) is 3. The van der Waals surface area contributed by atoms with Crippen LogP contribution in [0.5, 0.6) is 0 Å². The van der Waals surface area contributed by atoms with Gasteiger partial charge in [0.2, 0.25) is 0 Å². The van der Waals surface area contributed by atoms with Crippen LogP contribution in [0.1, 0.15) is 194 Å². The van der Waals surface area contributed by atoms with Gasteiger partial charge in [-0.1, -0.05) is 168 Å². The summed E-state index contributed by atoms with van der Waals surface area (Å²) < 4.78 is 10.4. The van der Waals surface area contributed by atoms with Gasteiger partial charge >= 0.3 is 6.16 Å². The summed E-state index contributed by atoms with van der Waals surface area (Å²) in [5, 5.41) is 0. The molecule has 0 rings (SSSR count). The molecule has 0 N–H and O–H groups in total. The first-order chi connectivity index (χ1) is 19.2. The van der Waals surface area contributed by atoms with Crippen LogP contribution in [-0.4, -0.2) is 19.4 Å². The van der Waals surface area contributed by atoms with Gasteiger partial charge in [0.25, 0.3) is 0 Å². The van der Waals surface area contributed by atoms with Crippen LogP contribution in [0.25, 0.3) is 0 Å². The quantitative estimate of drug-likeness (QED) is 0.0489. The molecule has 0 heterocycles. The van der Waals surface area contributed by atoms with Gasteiger partial charge in [0.15, 0.2) is 0 Å². The molecule has 0 fully saturated rings. The lowest BCUT2D eigenvalue weighted by Crippen LogP contribution is -2.09. The summed E-state index contributed by atoms with van der Waals surface area (Å²) in [6.07, 6.45) is 39.7. The average molecular weight is 551 g/mol. The van der Waals surface area contributed by atoms with Crippen molar-refractivity contribution in [1.29, 1.82) is 0 Å². The zero-order chi connectivity index (χ0) is 28.5. The second kappa shape index (κ2) is 33.2. The van der Waals surface area contributed by atoms with E-state index >= 15 is 0 Å². The predicted molar refractivity (Wildman–Crippen MR) is 172 cm³/mol. The number of ether oxygens (including phenoxy) is 2.